The molecule has 0 aromatic heterocycles. The Morgan fingerprint density at radius 3 is 2.47 bits per heavy atom. The number of carbonyl (C=O) groups excluding carboxylic acids is 2. The van der Waals surface area contributed by atoms with E-state index in [4.69, 9.17) is 21.1 Å². The van der Waals surface area contributed by atoms with Crippen molar-refractivity contribution in [2.45, 2.75) is 13.0 Å². The Hall–Kier alpha value is -2.90. The van der Waals surface area contributed by atoms with E-state index >= 15 is 0 Å². The first-order valence-corrected chi connectivity index (χ1v) is 9.55. The number of amides is 1. The van der Waals surface area contributed by atoms with Crippen molar-refractivity contribution in [2.24, 2.45) is 0 Å². The zero-order valence-corrected chi connectivity index (χ0v) is 17.5. The van der Waals surface area contributed by atoms with Crippen LogP contribution in [0.2, 0.25) is 5.02 Å². The van der Waals surface area contributed by atoms with E-state index in [0.717, 1.165) is 5.56 Å². The van der Waals surface area contributed by atoms with Gasteiger partial charge in [0.15, 0.2) is 0 Å². The number of aryl methyl sites for hydroxylation is 1. The molecule has 1 saturated heterocycles. The van der Waals surface area contributed by atoms with Crippen LogP contribution in [0.4, 0.5) is 4.39 Å². The van der Waals surface area contributed by atoms with Gasteiger partial charge in [-0.3, -0.25) is 9.59 Å². The predicted molar refractivity (Wildman–Crippen MR) is 110 cm³/mol. The summed E-state index contributed by atoms with van der Waals surface area (Å²) in [5.41, 5.74) is 1.28. The lowest BCUT2D eigenvalue weighted by molar-refractivity contribution is -0.140. The van der Waals surface area contributed by atoms with E-state index in [0.29, 0.717) is 5.56 Å². The van der Waals surface area contributed by atoms with Crippen LogP contribution in [0.15, 0.2) is 42.0 Å². The lowest BCUT2D eigenvalue weighted by Gasteiger charge is -2.25. The highest BCUT2D eigenvalue weighted by Crippen LogP contribution is 2.42. The molecule has 6 nitrogen and oxygen atoms in total. The summed E-state index contributed by atoms with van der Waals surface area (Å²) in [6.07, 6.45) is 0. The summed E-state index contributed by atoms with van der Waals surface area (Å²) < 4.78 is 23.8. The minimum Gasteiger partial charge on any atom is -0.507 e. The topological polar surface area (TPSA) is 76.1 Å². The molecule has 0 radical (unpaired) electrons. The molecule has 1 amide bonds. The summed E-state index contributed by atoms with van der Waals surface area (Å²) in [5, 5.41) is 11.4. The number of Topliss-reactive ketones (excluding diaryl/α,β-unsaturated/α-hetero) is 1. The molecule has 8 heteroatoms. The number of ketones is 1. The highest BCUT2D eigenvalue weighted by molar-refractivity contribution is 6.46. The Kier molecular flexibility index (Phi) is 6.43. The molecule has 0 spiro atoms. The van der Waals surface area contributed by atoms with Gasteiger partial charge in [0.05, 0.1) is 35.9 Å². The maximum atomic E-state index is 13.5. The molecule has 1 heterocycles. The van der Waals surface area contributed by atoms with Crippen LogP contribution in [0.25, 0.3) is 5.76 Å². The lowest BCUT2D eigenvalue weighted by atomic mass is 9.94. The average Bonchev–Trinajstić information content (AvgIpc) is 2.96. The van der Waals surface area contributed by atoms with Crippen LogP contribution in [0.1, 0.15) is 22.7 Å². The maximum Gasteiger partial charge on any atom is 0.295 e. The van der Waals surface area contributed by atoms with Crippen molar-refractivity contribution in [3.8, 4) is 5.75 Å². The zero-order chi connectivity index (χ0) is 22.0. The van der Waals surface area contributed by atoms with Gasteiger partial charge in [-0.15, -0.1) is 0 Å². The van der Waals surface area contributed by atoms with Gasteiger partial charge in [0.2, 0.25) is 0 Å². The van der Waals surface area contributed by atoms with Gasteiger partial charge in [0.25, 0.3) is 11.7 Å². The van der Waals surface area contributed by atoms with Crippen molar-refractivity contribution >= 4 is 29.1 Å². The Labute approximate surface area is 178 Å². The van der Waals surface area contributed by atoms with E-state index in [1.54, 1.807) is 19.1 Å². The van der Waals surface area contributed by atoms with Crippen LogP contribution >= 0.6 is 11.6 Å². The number of hydrogen-bond donors (Lipinski definition) is 1. The largest absolute Gasteiger partial charge is 0.507 e. The number of ether oxygens (including phenoxy) is 2. The molecular weight excluding hydrogens is 413 g/mol. The molecule has 1 unspecified atom stereocenters. The number of methoxy groups -OCH3 is 2. The Bertz CT molecular complexity index is 1020. The molecule has 1 aliphatic rings. The standard InChI is InChI=1S/C22H21ClFNO5/c1-12-10-15(21(30-3)16(23)11-12)19(26)17-18(13-4-6-14(24)7-5-13)25(8-9-29-2)22(28)20(17)27/h4-7,10-11,18,26H,8-9H2,1-3H3/b19-17+. The number of aliphatic hydroxyl groups is 1. The van der Waals surface area contributed by atoms with Gasteiger partial charge < -0.3 is 19.5 Å². The number of nitrogens with zero attached hydrogens (tertiary/aromatic N) is 1. The number of likely N-dealkylation sites (tertiary alicyclic amines) is 1. The molecule has 30 heavy (non-hydrogen) atoms. The molecule has 1 aliphatic heterocycles. The number of aliphatic hydroxyl groups excluding tert-OH is 1. The summed E-state index contributed by atoms with van der Waals surface area (Å²) >= 11 is 6.24. The van der Waals surface area contributed by atoms with Crippen LogP contribution in [0, 0.1) is 12.7 Å². The highest BCUT2D eigenvalue weighted by Gasteiger charge is 2.46. The van der Waals surface area contributed by atoms with Gasteiger partial charge in [-0.2, -0.15) is 0 Å². The van der Waals surface area contributed by atoms with E-state index in [1.807, 2.05) is 0 Å². The summed E-state index contributed by atoms with van der Waals surface area (Å²) in [4.78, 5) is 27.0. The number of carbonyl (C=O) groups is 2. The lowest BCUT2D eigenvalue weighted by Crippen LogP contribution is -2.32. The van der Waals surface area contributed by atoms with Gasteiger partial charge in [-0.1, -0.05) is 23.7 Å². The number of benzene rings is 2. The van der Waals surface area contributed by atoms with E-state index in [9.17, 15) is 19.1 Å². The van der Waals surface area contributed by atoms with Gasteiger partial charge in [-0.05, 0) is 42.3 Å². The first kappa shape index (κ1) is 21.8. The molecule has 2 aromatic carbocycles. The Morgan fingerprint density at radius 1 is 1.20 bits per heavy atom. The fraction of sp³-hybridized carbons (Fsp3) is 0.273. The Balaban J connectivity index is 2.25. The van der Waals surface area contributed by atoms with Crippen molar-refractivity contribution in [3.63, 3.8) is 0 Å². The third kappa shape index (κ3) is 3.91. The molecule has 158 valence electrons. The normalized spacial score (nSPS) is 18.2. The summed E-state index contributed by atoms with van der Waals surface area (Å²) in [6, 6.07) is 7.77. The molecule has 0 saturated carbocycles. The van der Waals surface area contributed by atoms with Gasteiger partial charge in [0.1, 0.15) is 17.3 Å². The minimum absolute atomic E-state index is 0.117. The van der Waals surface area contributed by atoms with Crippen LogP contribution < -0.4 is 4.74 Å². The molecule has 0 aliphatic carbocycles. The van der Waals surface area contributed by atoms with Crippen molar-refractivity contribution < 1.29 is 28.6 Å². The fourth-order valence-electron chi connectivity index (χ4n) is 3.55. The molecule has 0 bridgehead atoms. The second-order valence-electron chi connectivity index (χ2n) is 6.86. The smallest absolute Gasteiger partial charge is 0.295 e. The third-order valence-electron chi connectivity index (χ3n) is 4.91. The first-order valence-electron chi connectivity index (χ1n) is 9.17. The first-order chi connectivity index (χ1) is 14.3. The van der Waals surface area contributed by atoms with E-state index in [1.165, 1.54) is 43.4 Å². The van der Waals surface area contributed by atoms with E-state index < -0.39 is 29.3 Å². The second kappa shape index (κ2) is 8.85. The van der Waals surface area contributed by atoms with Crippen LogP contribution in [-0.4, -0.2) is 49.1 Å². The van der Waals surface area contributed by atoms with Crippen molar-refractivity contribution in [1.82, 2.24) is 4.90 Å². The van der Waals surface area contributed by atoms with Crippen molar-refractivity contribution in [3.05, 3.63) is 69.5 Å². The predicted octanol–water partition coefficient (Wildman–Crippen LogP) is 3.86. The SMILES string of the molecule is COCCN1C(=O)C(=O)/C(=C(/O)c2cc(C)cc(Cl)c2OC)C1c1ccc(F)cc1. The Morgan fingerprint density at radius 2 is 1.87 bits per heavy atom. The van der Waals surface area contributed by atoms with E-state index in [-0.39, 0.29) is 35.1 Å². The molecule has 2 aromatic rings. The highest BCUT2D eigenvalue weighted by atomic mass is 35.5. The molecule has 3 rings (SSSR count). The van der Waals surface area contributed by atoms with Gasteiger partial charge >= 0.3 is 0 Å². The third-order valence-corrected chi connectivity index (χ3v) is 5.19. The fourth-order valence-corrected chi connectivity index (χ4v) is 3.90. The number of halogens is 2. The summed E-state index contributed by atoms with van der Waals surface area (Å²) in [5.74, 6) is -2.32. The second-order valence-corrected chi connectivity index (χ2v) is 7.27. The van der Waals surface area contributed by atoms with Crippen molar-refractivity contribution in [2.75, 3.05) is 27.4 Å². The van der Waals surface area contributed by atoms with Gasteiger partial charge in [0, 0.05) is 13.7 Å². The monoisotopic (exact) mass is 433 g/mol. The summed E-state index contributed by atoms with van der Waals surface area (Å²) in [7, 11) is 2.87. The summed E-state index contributed by atoms with van der Waals surface area (Å²) in [6.45, 7) is 2.08. The van der Waals surface area contributed by atoms with E-state index in [2.05, 4.69) is 0 Å². The number of rotatable bonds is 6. The van der Waals surface area contributed by atoms with Crippen LogP contribution in [0.5, 0.6) is 5.75 Å². The molecule has 1 fully saturated rings. The molecular formula is C22H21ClFNO5. The quantitative estimate of drug-likeness (QED) is 0.425. The van der Waals surface area contributed by atoms with Crippen LogP contribution in [-0.2, 0) is 14.3 Å². The van der Waals surface area contributed by atoms with Crippen LogP contribution in [0.3, 0.4) is 0 Å². The van der Waals surface area contributed by atoms with Crippen molar-refractivity contribution in [1.29, 1.82) is 0 Å². The average molecular weight is 434 g/mol. The van der Waals surface area contributed by atoms with Gasteiger partial charge in [-0.25, -0.2) is 4.39 Å². The zero-order valence-electron chi connectivity index (χ0n) is 16.7. The minimum atomic E-state index is -0.912. The molecule has 1 N–H and O–H groups in total. The molecule has 1 atom stereocenters. The number of hydrogen-bond acceptors (Lipinski definition) is 5. The maximum absolute atomic E-state index is 13.5.